The van der Waals surface area contributed by atoms with Crippen molar-refractivity contribution in [3.8, 4) is 10.4 Å². The molecule has 13 heteroatoms. The van der Waals surface area contributed by atoms with Crippen LogP contribution in [-0.2, 0) is 0 Å². The van der Waals surface area contributed by atoms with Gasteiger partial charge in [-0.1, -0.05) is 20.8 Å². The molecule has 0 aromatic carbocycles. The van der Waals surface area contributed by atoms with Crippen molar-refractivity contribution < 1.29 is 32.3 Å². The van der Waals surface area contributed by atoms with E-state index < -0.39 is 54.3 Å². The number of pyridine rings is 1. The van der Waals surface area contributed by atoms with Crippen LogP contribution in [-0.4, -0.2) is 69.0 Å². The quantitative estimate of drug-likeness (QED) is 0.394. The van der Waals surface area contributed by atoms with Gasteiger partial charge in [0.2, 0.25) is 0 Å². The Hall–Kier alpha value is -2.80. The minimum Gasteiger partial charge on any atom is -0.389 e. The Morgan fingerprint density at radius 1 is 1.24 bits per heavy atom. The molecule has 3 rings (SSSR count). The van der Waals surface area contributed by atoms with Crippen molar-refractivity contribution in [3.05, 3.63) is 28.5 Å². The maximum Gasteiger partial charge on any atom is 0.280 e. The third kappa shape index (κ3) is 7.40. The van der Waals surface area contributed by atoms with Crippen LogP contribution in [0.3, 0.4) is 0 Å². The Morgan fingerprint density at radius 2 is 1.89 bits per heavy atom. The molecule has 1 aliphatic rings. The van der Waals surface area contributed by atoms with Crippen LogP contribution in [0.4, 0.5) is 23.4 Å². The van der Waals surface area contributed by atoms with E-state index in [0.29, 0.717) is 17.9 Å². The van der Waals surface area contributed by atoms with E-state index in [9.17, 15) is 32.3 Å². The Labute approximate surface area is 222 Å². The van der Waals surface area contributed by atoms with Gasteiger partial charge in [-0.05, 0) is 32.3 Å². The van der Waals surface area contributed by atoms with Crippen molar-refractivity contribution in [2.45, 2.75) is 72.0 Å². The molecule has 2 aromatic heterocycles. The number of aliphatic hydroxyl groups is 1. The second-order valence-electron chi connectivity index (χ2n) is 11.4. The van der Waals surface area contributed by atoms with Crippen molar-refractivity contribution in [1.82, 2.24) is 20.2 Å². The van der Waals surface area contributed by atoms with E-state index in [1.807, 2.05) is 20.8 Å². The van der Waals surface area contributed by atoms with Gasteiger partial charge in [-0.15, -0.1) is 11.3 Å². The first-order valence-corrected chi connectivity index (χ1v) is 12.9. The van der Waals surface area contributed by atoms with Crippen LogP contribution in [0, 0.1) is 5.41 Å². The fraction of sp³-hybridized carbons (Fsp3) is 0.600. The molecular weight excluding hydrogens is 526 g/mol. The van der Waals surface area contributed by atoms with E-state index in [1.54, 1.807) is 0 Å². The molecule has 2 aromatic rings. The Kier molecular flexibility index (Phi) is 8.42. The number of aromatic nitrogens is 2. The van der Waals surface area contributed by atoms with Gasteiger partial charge in [0.05, 0.1) is 17.0 Å². The van der Waals surface area contributed by atoms with E-state index >= 15 is 0 Å². The summed E-state index contributed by atoms with van der Waals surface area (Å²) in [5.41, 5.74) is -2.34. The average Bonchev–Trinajstić information content (AvgIpc) is 3.34. The summed E-state index contributed by atoms with van der Waals surface area (Å²) in [6, 6.07) is 0.344. The highest BCUT2D eigenvalue weighted by atomic mass is 32.1. The predicted molar refractivity (Wildman–Crippen MR) is 137 cm³/mol. The van der Waals surface area contributed by atoms with Gasteiger partial charge in [0, 0.05) is 42.9 Å². The maximum absolute atomic E-state index is 14.2. The van der Waals surface area contributed by atoms with E-state index in [0.717, 1.165) is 11.1 Å². The summed E-state index contributed by atoms with van der Waals surface area (Å²) in [6.45, 7) is 9.77. The van der Waals surface area contributed by atoms with E-state index in [2.05, 4.69) is 20.6 Å². The molecule has 1 saturated heterocycles. The highest BCUT2D eigenvalue weighted by Crippen LogP contribution is 2.40. The molecule has 0 bridgehead atoms. The molecule has 0 spiro atoms. The zero-order valence-corrected chi connectivity index (χ0v) is 23.0. The predicted octanol–water partition coefficient (Wildman–Crippen LogP) is 4.97. The number of hydrogen-bond acceptors (Lipinski definition) is 7. The molecule has 1 fully saturated rings. The molecule has 3 N–H and O–H groups in total. The minimum atomic E-state index is -3.10. The monoisotopic (exact) mass is 559 g/mol. The molecule has 38 heavy (non-hydrogen) atoms. The number of rotatable bonds is 8. The highest BCUT2D eigenvalue weighted by molar-refractivity contribution is 7.17. The molecule has 1 aliphatic heterocycles. The normalized spacial score (nSPS) is 17.7. The van der Waals surface area contributed by atoms with Crippen molar-refractivity contribution in [2.75, 3.05) is 25.0 Å². The first-order chi connectivity index (χ1) is 17.4. The van der Waals surface area contributed by atoms with Crippen molar-refractivity contribution >= 4 is 29.0 Å². The van der Waals surface area contributed by atoms with Crippen LogP contribution >= 0.6 is 11.3 Å². The standard InChI is InChI=1S/C25H33F4N5O3S/c1-13-8-25(28,29)12-34(13)22(36)17-18(38-21(33-17)20(35)32-11-24(5,6)37)15-9-30-16(7-14(15)19(26)27)31-10-23(2,3)4/h7,9,13,19,37H,8,10-12H2,1-6H3,(H,30,31)(H,32,35). The van der Waals surface area contributed by atoms with Crippen molar-refractivity contribution in [3.63, 3.8) is 0 Å². The van der Waals surface area contributed by atoms with Gasteiger partial charge < -0.3 is 20.6 Å². The molecule has 1 atom stereocenters. The number of likely N-dealkylation sites (tertiary alicyclic amines) is 1. The molecule has 1 unspecified atom stereocenters. The molecule has 8 nitrogen and oxygen atoms in total. The van der Waals surface area contributed by atoms with Crippen molar-refractivity contribution in [2.24, 2.45) is 5.41 Å². The lowest BCUT2D eigenvalue weighted by atomic mass is 9.97. The summed E-state index contributed by atoms with van der Waals surface area (Å²) in [5, 5.41) is 15.2. The van der Waals surface area contributed by atoms with Crippen molar-refractivity contribution in [1.29, 1.82) is 0 Å². The minimum absolute atomic E-state index is 0.0732. The zero-order valence-electron chi connectivity index (χ0n) is 22.2. The Balaban J connectivity index is 2.08. The van der Waals surface area contributed by atoms with E-state index in [-0.39, 0.29) is 38.9 Å². The van der Waals surface area contributed by atoms with Crippen LogP contribution in [0.25, 0.3) is 10.4 Å². The SMILES string of the molecule is CC1CC(F)(F)CN1C(=O)c1nc(C(=O)NCC(C)(C)O)sc1-c1cnc(NCC(C)(C)C)cc1C(F)F. The second kappa shape index (κ2) is 10.8. The summed E-state index contributed by atoms with van der Waals surface area (Å²) in [6.07, 6.45) is -2.34. The number of carbonyl (C=O) groups is 2. The van der Waals surface area contributed by atoms with Crippen LogP contribution in [0.2, 0.25) is 0 Å². The van der Waals surface area contributed by atoms with E-state index in [4.69, 9.17) is 0 Å². The van der Waals surface area contributed by atoms with Crippen LogP contribution < -0.4 is 10.6 Å². The smallest absolute Gasteiger partial charge is 0.280 e. The number of anilines is 1. The molecular formula is C25H33F4N5O3S. The lowest BCUT2D eigenvalue weighted by Gasteiger charge is -2.21. The van der Waals surface area contributed by atoms with Crippen LogP contribution in [0.1, 0.15) is 80.2 Å². The molecule has 210 valence electrons. The fourth-order valence-electron chi connectivity index (χ4n) is 3.83. The number of thiazole rings is 1. The topological polar surface area (TPSA) is 107 Å². The van der Waals surface area contributed by atoms with Gasteiger partial charge >= 0.3 is 0 Å². The number of hydrogen-bond donors (Lipinski definition) is 3. The number of halogens is 4. The molecule has 0 radical (unpaired) electrons. The lowest BCUT2D eigenvalue weighted by Crippen LogP contribution is -2.38. The van der Waals surface area contributed by atoms with Gasteiger partial charge in [0.15, 0.2) is 5.01 Å². The number of amides is 2. The fourth-order valence-corrected chi connectivity index (χ4v) is 4.84. The molecule has 2 amide bonds. The number of nitrogens with one attached hydrogen (secondary N) is 2. The first kappa shape index (κ1) is 29.8. The summed E-state index contributed by atoms with van der Waals surface area (Å²) in [4.78, 5) is 35.3. The largest absolute Gasteiger partial charge is 0.389 e. The summed E-state index contributed by atoms with van der Waals surface area (Å²) < 4.78 is 56.5. The van der Waals surface area contributed by atoms with Gasteiger partial charge in [-0.2, -0.15) is 0 Å². The molecule has 0 saturated carbocycles. The van der Waals surface area contributed by atoms with Gasteiger partial charge in [-0.3, -0.25) is 9.59 Å². The number of carbonyl (C=O) groups excluding carboxylic acids is 2. The lowest BCUT2D eigenvalue weighted by molar-refractivity contribution is 0.0118. The van der Waals surface area contributed by atoms with Gasteiger partial charge in [0.25, 0.3) is 24.2 Å². The number of nitrogens with zero attached hydrogens (tertiary/aromatic N) is 3. The van der Waals surface area contributed by atoms with Crippen LogP contribution in [0.15, 0.2) is 12.3 Å². The average molecular weight is 560 g/mol. The van der Waals surface area contributed by atoms with Gasteiger partial charge in [0.1, 0.15) is 11.5 Å². The second-order valence-corrected chi connectivity index (χ2v) is 12.4. The zero-order chi connectivity index (χ0) is 28.6. The first-order valence-electron chi connectivity index (χ1n) is 12.1. The third-order valence-corrected chi connectivity index (χ3v) is 6.80. The molecule has 0 aliphatic carbocycles. The summed E-state index contributed by atoms with van der Waals surface area (Å²) in [7, 11) is 0. The summed E-state index contributed by atoms with van der Waals surface area (Å²) in [5.74, 6) is -4.54. The third-order valence-electron chi connectivity index (χ3n) is 5.71. The Morgan fingerprint density at radius 3 is 2.42 bits per heavy atom. The highest BCUT2D eigenvalue weighted by Gasteiger charge is 2.46. The van der Waals surface area contributed by atoms with E-state index in [1.165, 1.54) is 26.8 Å². The molecule has 3 heterocycles. The maximum atomic E-state index is 14.2. The van der Waals surface area contributed by atoms with Gasteiger partial charge in [-0.25, -0.2) is 27.5 Å². The van der Waals surface area contributed by atoms with Crippen LogP contribution in [0.5, 0.6) is 0 Å². The Bertz CT molecular complexity index is 1190. The summed E-state index contributed by atoms with van der Waals surface area (Å²) >= 11 is 0.681. The number of alkyl halides is 4.